The number of benzene rings is 6. The van der Waals surface area contributed by atoms with E-state index < -0.39 is 18.9 Å². The van der Waals surface area contributed by atoms with E-state index >= 15 is 0 Å². The van der Waals surface area contributed by atoms with Crippen molar-refractivity contribution in [3.63, 3.8) is 0 Å². The first-order valence-electron chi connectivity index (χ1n) is 22.0. The summed E-state index contributed by atoms with van der Waals surface area (Å²) < 4.78 is 59.2. The summed E-state index contributed by atoms with van der Waals surface area (Å²) in [6.45, 7) is 1.27. The number of hydrogen-bond donors (Lipinski definition) is 4. The molecule has 0 amide bonds. The Balaban J connectivity index is 0.000000502. The van der Waals surface area contributed by atoms with Gasteiger partial charge in [0, 0.05) is 63.8 Å². The van der Waals surface area contributed by atoms with Gasteiger partial charge in [-0.15, -0.1) is 0 Å². The maximum absolute atomic E-state index is 10.9. The van der Waals surface area contributed by atoms with Crippen molar-refractivity contribution in [2.24, 2.45) is 20.6 Å². The van der Waals surface area contributed by atoms with E-state index in [1.165, 1.54) is 14.0 Å². The number of carbonyl (C=O) groups excluding carboxylic acids is 1. The van der Waals surface area contributed by atoms with Gasteiger partial charge in [-0.3, -0.25) is 9.97 Å². The standard InChI is InChI=1S/C15H13NO3.C14H13NO2.2C12H8N2O.4Ag.F6P.NO3/c1-11(17)19-16-15(12-7-3-2-4-8-12)13-9-5-6-10-14(13)18;1-17-15-14(11-7-3-2-4-8-11)12-9-5-6-10-13(12)16;2*15-14-12-10-5-2-1-4-8(10)9-6-3-7-13-11(9)12;;;;;1-7(2,3,4,5)6;2-1(3)4/h2-10,18H,1H3;2-10,16H,1H3;2*1-7,15H;;;;;;/q;;;;4*+1;2*-1. The molecule has 17 nitrogen and oxygen atoms in total. The number of pyridine rings is 2. The zero-order valence-corrected chi connectivity index (χ0v) is 48.1. The van der Waals surface area contributed by atoms with Gasteiger partial charge in [0.05, 0.1) is 5.09 Å². The van der Waals surface area contributed by atoms with E-state index in [4.69, 9.17) is 35.4 Å². The fraction of sp³-hybridized carbons (Fsp3) is 0.0377. The maximum atomic E-state index is 10.9. The molecule has 81 heavy (non-hydrogen) atoms. The molecular formula is C53H42Ag4F6N7O10P+2. The number of phenolic OH excluding ortho intramolecular Hbond substituents is 2. The van der Waals surface area contributed by atoms with Gasteiger partial charge in [-0.2, -0.15) is 0 Å². The van der Waals surface area contributed by atoms with E-state index in [9.17, 15) is 40.2 Å². The molecule has 2 aliphatic carbocycles. The molecule has 0 bridgehead atoms. The molecule has 0 saturated heterocycles. The van der Waals surface area contributed by atoms with Crippen LogP contribution in [0.1, 0.15) is 51.7 Å². The minimum Gasteiger partial charge on any atom is -0.410 e. The number of hydrogen-bond acceptors (Lipinski definition) is 16. The van der Waals surface area contributed by atoms with Crippen LogP contribution in [0.5, 0.6) is 11.5 Å². The molecule has 8 aromatic rings. The van der Waals surface area contributed by atoms with Crippen molar-refractivity contribution < 1.29 is 155 Å². The third-order valence-corrected chi connectivity index (χ3v) is 10.1. The molecule has 0 unspecified atom stereocenters. The monoisotopic (exact) mass is 1510 g/mol. The zero-order valence-electron chi connectivity index (χ0n) is 41.3. The Morgan fingerprint density at radius 1 is 0.494 bits per heavy atom. The molecule has 0 spiro atoms. The summed E-state index contributed by atoms with van der Waals surface area (Å²) in [7, 11) is -9.17. The van der Waals surface area contributed by atoms with Crippen LogP contribution in [0.25, 0.3) is 22.3 Å². The number of fused-ring (bicyclic) bond motifs is 6. The Kier molecular flexibility index (Phi) is 28.8. The van der Waals surface area contributed by atoms with Crippen molar-refractivity contribution in [2.75, 3.05) is 7.11 Å². The van der Waals surface area contributed by atoms with E-state index in [2.05, 4.69) is 30.6 Å². The molecule has 0 atom stereocenters. The fourth-order valence-corrected chi connectivity index (χ4v) is 7.19. The molecule has 0 saturated carbocycles. The molecule has 2 aromatic heterocycles. The molecule has 10 rings (SSSR count). The number of halogens is 6. The van der Waals surface area contributed by atoms with Crippen LogP contribution >= 0.6 is 7.81 Å². The molecule has 2 aliphatic rings. The molecule has 6 aromatic carbocycles. The average Bonchev–Trinajstić information content (AvgIpc) is 3.91. The number of oxime groups is 4. The Morgan fingerprint density at radius 3 is 1.11 bits per heavy atom. The summed E-state index contributed by atoms with van der Waals surface area (Å²) in [6, 6.07) is 56.1. The van der Waals surface area contributed by atoms with Gasteiger partial charge in [0.15, 0.2) is 0 Å². The number of nitrogens with zero attached hydrogens (tertiary/aromatic N) is 7. The van der Waals surface area contributed by atoms with Crippen LogP contribution in [-0.4, -0.2) is 71.6 Å². The Labute approximate surface area is 520 Å². The average molecular weight is 1510 g/mol. The molecule has 438 valence electrons. The second-order valence-corrected chi connectivity index (χ2v) is 17.3. The van der Waals surface area contributed by atoms with Crippen LogP contribution in [0.4, 0.5) is 25.2 Å². The fourth-order valence-electron chi connectivity index (χ4n) is 7.19. The number of phenols is 2. The molecule has 0 aliphatic heterocycles. The van der Waals surface area contributed by atoms with Gasteiger partial charge < -0.3 is 45.6 Å². The third kappa shape index (κ3) is 22.8. The van der Waals surface area contributed by atoms with Crippen LogP contribution < -0.4 is 0 Å². The van der Waals surface area contributed by atoms with E-state index in [-0.39, 0.29) is 101 Å². The summed E-state index contributed by atoms with van der Waals surface area (Å²) in [4.78, 5) is 37.2. The Bertz CT molecular complexity index is 3280. The summed E-state index contributed by atoms with van der Waals surface area (Å²) in [6.07, 6.45) is 3.41. The van der Waals surface area contributed by atoms with Gasteiger partial charge in [0.2, 0.25) is 0 Å². The number of aromatic nitrogens is 2. The molecule has 4 N–H and O–H groups in total. The van der Waals surface area contributed by atoms with E-state index in [1.54, 1.807) is 54.9 Å². The van der Waals surface area contributed by atoms with Crippen molar-refractivity contribution in [3.8, 4) is 33.8 Å². The predicted molar refractivity (Wildman–Crippen MR) is 277 cm³/mol. The SMILES string of the molecule is CC(=O)ON=C(c1ccccc1)c1ccccc1O.CON=C(c1ccccc1)c1ccccc1O.F[P-](F)(F)(F)(F)F.O=[N+]([O-])[O-].ON=C1c2ccccc2-c2cccnc21.ON=C1c2ccccc2-c2cccnc21.[Ag+].[Ag+].[Ag+].[Ag+]. The number of carbonyl (C=O) groups is 1. The van der Waals surface area contributed by atoms with Gasteiger partial charge in [0.1, 0.15) is 52.8 Å². The van der Waals surface area contributed by atoms with Gasteiger partial charge in [-0.1, -0.05) is 166 Å². The number of para-hydroxylation sites is 2. The normalized spacial score (nSPS) is 12.8. The maximum Gasteiger partial charge on any atom is 1.00 e. The van der Waals surface area contributed by atoms with Crippen LogP contribution in [0.2, 0.25) is 0 Å². The quantitative estimate of drug-likeness (QED) is 0.0177. The number of aromatic hydroxyl groups is 2. The van der Waals surface area contributed by atoms with Crippen molar-refractivity contribution in [2.45, 2.75) is 6.92 Å². The topological polar surface area (TPSA) is 258 Å². The largest absolute Gasteiger partial charge is 1.00 e. The van der Waals surface area contributed by atoms with Crippen LogP contribution in [-0.2, 0) is 104 Å². The summed E-state index contributed by atoms with van der Waals surface area (Å²) >= 11 is 0. The molecule has 0 radical (unpaired) electrons. The van der Waals surface area contributed by atoms with Crippen molar-refractivity contribution in [1.82, 2.24) is 9.97 Å². The van der Waals surface area contributed by atoms with Crippen LogP contribution in [0.3, 0.4) is 0 Å². The third-order valence-electron chi connectivity index (χ3n) is 10.1. The van der Waals surface area contributed by atoms with Gasteiger partial charge in [-0.25, -0.2) is 4.79 Å². The summed E-state index contributed by atoms with van der Waals surface area (Å²) in [5.74, 6) is -0.242. The van der Waals surface area contributed by atoms with Crippen molar-refractivity contribution in [1.29, 1.82) is 0 Å². The molecule has 0 fully saturated rings. The molecular weight excluding hydrogens is 1470 g/mol. The smallest absolute Gasteiger partial charge is 0.410 e. The van der Waals surface area contributed by atoms with Crippen LogP contribution in [0, 0.1) is 15.3 Å². The molecule has 2 heterocycles. The van der Waals surface area contributed by atoms with E-state index in [1.807, 2.05) is 140 Å². The Hall–Kier alpha value is -7.06. The van der Waals surface area contributed by atoms with Crippen molar-refractivity contribution in [3.05, 3.63) is 254 Å². The second-order valence-electron chi connectivity index (χ2n) is 15.4. The zero-order chi connectivity index (χ0) is 56.2. The Morgan fingerprint density at radius 2 is 0.790 bits per heavy atom. The van der Waals surface area contributed by atoms with E-state index in [0.29, 0.717) is 34.0 Å². The summed E-state index contributed by atoms with van der Waals surface area (Å²) in [5.41, 5.74) is 12.5. The first kappa shape index (κ1) is 72.0. The summed E-state index contributed by atoms with van der Waals surface area (Å²) in [5, 5.41) is 66.9. The van der Waals surface area contributed by atoms with Crippen molar-refractivity contribution >= 4 is 36.6 Å². The van der Waals surface area contributed by atoms with Gasteiger partial charge in [-0.05, 0) is 47.5 Å². The predicted octanol–water partition coefficient (Wildman–Crippen LogP) is 13.2. The first-order chi connectivity index (χ1) is 36.5. The first-order valence-corrected chi connectivity index (χ1v) is 24.0. The molecule has 28 heteroatoms. The van der Waals surface area contributed by atoms with E-state index in [0.717, 1.165) is 55.9 Å². The van der Waals surface area contributed by atoms with Gasteiger partial charge >= 0.3 is 128 Å². The van der Waals surface area contributed by atoms with Crippen LogP contribution in [0.15, 0.2) is 215 Å². The van der Waals surface area contributed by atoms with Gasteiger partial charge in [0.25, 0.3) is 0 Å². The minimum absolute atomic E-state index is 0. The minimum atomic E-state index is -10.7. The second kappa shape index (κ2) is 32.4. The number of rotatable bonds is 6.